The molecule has 1 aliphatic rings. The lowest BCUT2D eigenvalue weighted by Crippen LogP contribution is -2.36. The minimum absolute atomic E-state index is 0.180. The lowest BCUT2D eigenvalue weighted by molar-refractivity contribution is -0.130. The second kappa shape index (κ2) is 6.78. The second-order valence-corrected chi connectivity index (χ2v) is 5.24. The summed E-state index contributed by atoms with van der Waals surface area (Å²) in [5.41, 5.74) is 2.32. The van der Waals surface area contributed by atoms with Crippen molar-refractivity contribution < 1.29 is 9.53 Å². The molecular formula is C15H19NO2S. The van der Waals surface area contributed by atoms with Crippen LogP contribution in [0.25, 0.3) is 0 Å². The zero-order valence-corrected chi connectivity index (χ0v) is 12.0. The SMILES string of the molecule is COCC1=CCN(C(=O)Cc2ccc(S)cc2)CC1. The van der Waals surface area contributed by atoms with Crippen molar-refractivity contribution in [3.63, 3.8) is 0 Å². The van der Waals surface area contributed by atoms with E-state index in [4.69, 9.17) is 4.74 Å². The predicted octanol–water partition coefficient (Wildman–Crippen LogP) is 2.32. The Morgan fingerprint density at radius 2 is 2.11 bits per heavy atom. The fraction of sp³-hybridized carbons (Fsp3) is 0.400. The molecule has 1 heterocycles. The maximum atomic E-state index is 12.2. The molecule has 0 saturated carbocycles. The maximum absolute atomic E-state index is 12.2. The van der Waals surface area contributed by atoms with E-state index in [-0.39, 0.29) is 5.91 Å². The van der Waals surface area contributed by atoms with Crippen LogP contribution in [0.3, 0.4) is 0 Å². The van der Waals surface area contributed by atoms with Crippen LogP contribution in [0.5, 0.6) is 0 Å². The van der Waals surface area contributed by atoms with Crippen molar-refractivity contribution in [3.05, 3.63) is 41.5 Å². The van der Waals surface area contributed by atoms with Gasteiger partial charge in [0.25, 0.3) is 0 Å². The predicted molar refractivity (Wildman–Crippen MR) is 78.6 cm³/mol. The Balaban J connectivity index is 1.89. The highest BCUT2D eigenvalue weighted by atomic mass is 32.1. The first-order chi connectivity index (χ1) is 9.19. The summed E-state index contributed by atoms with van der Waals surface area (Å²) >= 11 is 4.24. The first-order valence-electron chi connectivity index (χ1n) is 6.41. The van der Waals surface area contributed by atoms with E-state index in [0.29, 0.717) is 19.6 Å². The number of carbonyl (C=O) groups is 1. The number of nitrogens with zero attached hydrogens (tertiary/aromatic N) is 1. The van der Waals surface area contributed by atoms with E-state index >= 15 is 0 Å². The van der Waals surface area contributed by atoms with Crippen molar-refractivity contribution in [1.29, 1.82) is 0 Å². The van der Waals surface area contributed by atoms with Gasteiger partial charge in [-0.3, -0.25) is 4.79 Å². The van der Waals surface area contributed by atoms with Gasteiger partial charge in [0.1, 0.15) is 0 Å². The highest BCUT2D eigenvalue weighted by Gasteiger charge is 2.17. The van der Waals surface area contributed by atoms with E-state index in [1.54, 1.807) is 7.11 Å². The number of methoxy groups -OCH3 is 1. The van der Waals surface area contributed by atoms with Gasteiger partial charge in [-0.1, -0.05) is 18.2 Å². The van der Waals surface area contributed by atoms with Gasteiger partial charge >= 0.3 is 0 Å². The van der Waals surface area contributed by atoms with Crippen LogP contribution in [0.1, 0.15) is 12.0 Å². The molecule has 0 saturated heterocycles. The van der Waals surface area contributed by atoms with Gasteiger partial charge in [0.05, 0.1) is 13.0 Å². The Bertz CT molecular complexity index is 468. The summed E-state index contributed by atoms with van der Waals surface area (Å²) < 4.78 is 5.10. The second-order valence-electron chi connectivity index (χ2n) is 4.73. The van der Waals surface area contributed by atoms with E-state index in [9.17, 15) is 4.79 Å². The van der Waals surface area contributed by atoms with Crippen LogP contribution in [-0.4, -0.2) is 37.6 Å². The Labute approximate surface area is 119 Å². The van der Waals surface area contributed by atoms with Gasteiger partial charge < -0.3 is 9.64 Å². The largest absolute Gasteiger partial charge is 0.380 e. The van der Waals surface area contributed by atoms with Crippen LogP contribution < -0.4 is 0 Å². The molecule has 1 aliphatic heterocycles. The third kappa shape index (κ3) is 4.11. The van der Waals surface area contributed by atoms with E-state index < -0.39 is 0 Å². The summed E-state index contributed by atoms with van der Waals surface area (Å²) in [5, 5.41) is 0. The fourth-order valence-corrected chi connectivity index (χ4v) is 2.30. The molecule has 4 heteroatoms. The Kier molecular flexibility index (Phi) is 5.05. The molecule has 0 radical (unpaired) electrons. The zero-order valence-electron chi connectivity index (χ0n) is 11.1. The minimum atomic E-state index is 0.180. The van der Waals surface area contributed by atoms with Crippen molar-refractivity contribution in [1.82, 2.24) is 4.90 Å². The molecule has 102 valence electrons. The molecule has 3 nitrogen and oxygen atoms in total. The molecular weight excluding hydrogens is 258 g/mol. The van der Waals surface area contributed by atoms with Crippen LogP contribution in [0, 0.1) is 0 Å². The number of carbonyl (C=O) groups excluding carboxylic acids is 1. The highest BCUT2D eigenvalue weighted by Crippen LogP contribution is 2.14. The zero-order chi connectivity index (χ0) is 13.7. The summed E-state index contributed by atoms with van der Waals surface area (Å²) in [6, 6.07) is 7.74. The molecule has 0 aliphatic carbocycles. The molecule has 19 heavy (non-hydrogen) atoms. The van der Waals surface area contributed by atoms with Gasteiger partial charge in [-0.25, -0.2) is 0 Å². The molecule has 2 rings (SSSR count). The van der Waals surface area contributed by atoms with Crippen LogP contribution in [0.2, 0.25) is 0 Å². The van der Waals surface area contributed by atoms with Crippen molar-refractivity contribution in [2.24, 2.45) is 0 Å². The molecule has 0 spiro atoms. The van der Waals surface area contributed by atoms with Gasteiger partial charge in [-0.2, -0.15) is 0 Å². The summed E-state index contributed by atoms with van der Waals surface area (Å²) in [6.07, 6.45) is 3.47. The molecule has 0 fully saturated rings. The fourth-order valence-electron chi connectivity index (χ4n) is 2.15. The summed E-state index contributed by atoms with van der Waals surface area (Å²) in [6.45, 7) is 2.16. The van der Waals surface area contributed by atoms with Gasteiger partial charge in [0.2, 0.25) is 5.91 Å². The van der Waals surface area contributed by atoms with Gasteiger partial charge in [-0.15, -0.1) is 12.6 Å². The summed E-state index contributed by atoms with van der Waals surface area (Å²) in [5.74, 6) is 0.180. The number of ether oxygens (including phenoxy) is 1. The van der Waals surface area contributed by atoms with Gasteiger partial charge in [-0.05, 0) is 29.7 Å². The maximum Gasteiger partial charge on any atom is 0.227 e. The lowest BCUT2D eigenvalue weighted by Gasteiger charge is -2.26. The monoisotopic (exact) mass is 277 g/mol. The van der Waals surface area contributed by atoms with Crippen LogP contribution in [0.15, 0.2) is 40.8 Å². The van der Waals surface area contributed by atoms with Crippen LogP contribution >= 0.6 is 12.6 Å². The Morgan fingerprint density at radius 1 is 1.37 bits per heavy atom. The van der Waals surface area contributed by atoms with Gasteiger partial charge in [0, 0.05) is 25.1 Å². The molecule has 1 amide bonds. The van der Waals surface area contributed by atoms with Crippen molar-refractivity contribution in [3.8, 4) is 0 Å². The smallest absolute Gasteiger partial charge is 0.227 e. The van der Waals surface area contributed by atoms with Crippen LogP contribution in [-0.2, 0) is 16.0 Å². The normalized spacial score (nSPS) is 15.3. The molecule has 1 aromatic carbocycles. The standard InChI is InChI=1S/C15H19NO2S/c1-18-11-13-6-8-16(9-7-13)15(17)10-12-2-4-14(19)5-3-12/h2-6,19H,7-11H2,1H3. The molecule has 0 N–H and O–H groups in total. The number of hydrogen-bond donors (Lipinski definition) is 1. The molecule has 0 aromatic heterocycles. The first kappa shape index (κ1) is 14.2. The van der Waals surface area contributed by atoms with E-state index in [1.807, 2.05) is 29.2 Å². The van der Waals surface area contributed by atoms with Crippen molar-refractivity contribution in [2.75, 3.05) is 26.8 Å². The Morgan fingerprint density at radius 3 is 2.68 bits per heavy atom. The minimum Gasteiger partial charge on any atom is -0.380 e. The molecule has 0 bridgehead atoms. The quantitative estimate of drug-likeness (QED) is 0.676. The number of benzene rings is 1. The summed E-state index contributed by atoms with van der Waals surface area (Å²) in [4.78, 5) is 15.0. The van der Waals surface area contributed by atoms with E-state index in [0.717, 1.165) is 23.4 Å². The van der Waals surface area contributed by atoms with Gasteiger partial charge in [0.15, 0.2) is 0 Å². The van der Waals surface area contributed by atoms with Crippen molar-refractivity contribution >= 4 is 18.5 Å². The van der Waals surface area contributed by atoms with Crippen molar-refractivity contribution in [2.45, 2.75) is 17.7 Å². The lowest BCUT2D eigenvalue weighted by atomic mass is 10.1. The third-order valence-corrected chi connectivity index (χ3v) is 3.58. The average molecular weight is 277 g/mol. The number of rotatable bonds is 4. The molecule has 1 aromatic rings. The highest BCUT2D eigenvalue weighted by molar-refractivity contribution is 7.80. The topological polar surface area (TPSA) is 29.5 Å². The number of hydrogen-bond acceptors (Lipinski definition) is 3. The third-order valence-electron chi connectivity index (χ3n) is 3.28. The van der Waals surface area contributed by atoms with E-state index in [2.05, 4.69) is 18.7 Å². The van der Waals surface area contributed by atoms with Crippen LogP contribution in [0.4, 0.5) is 0 Å². The molecule has 0 unspecified atom stereocenters. The molecule has 0 atom stereocenters. The Hall–Kier alpha value is -1.26. The number of amides is 1. The average Bonchev–Trinajstić information content (AvgIpc) is 2.42. The first-order valence-corrected chi connectivity index (χ1v) is 6.86. The number of thiol groups is 1. The van der Waals surface area contributed by atoms with E-state index in [1.165, 1.54) is 5.57 Å². The summed E-state index contributed by atoms with van der Waals surface area (Å²) in [7, 11) is 1.70.